The molecule has 0 spiro atoms. The number of halogens is 4. The van der Waals surface area contributed by atoms with Crippen molar-refractivity contribution in [1.29, 1.82) is 0 Å². The first-order valence-electron chi connectivity index (χ1n) is 11.7. The Kier molecular flexibility index (Phi) is 10.1. The molecule has 7 N–H and O–H groups in total. The van der Waals surface area contributed by atoms with E-state index in [1.54, 1.807) is 12.1 Å². The van der Waals surface area contributed by atoms with Gasteiger partial charge in [-0.2, -0.15) is 10.2 Å². The Hall–Kier alpha value is -3.66. The van der Waals surface area contributed by atoms with Crippen LogP contribution in [0.25, 0.3) is 10.8 Å². The Morgan fingerprint density at radius 3 is 1.69 bits per heavy atom. The fraction of sp³-hybridized carbons (Fsp3) is 0.0370. The molecule has 0 unspecified atom stereocenters. The van der Waals surface area contributed by atoms with Gasteiger partial charge in [0.05, 0.1) is 21.4 Å². The molecule has 11 nitrogen and oxygen atoms in total. The van der Waals surface area contributed by atoms with Crippen LogP contribution in [0.3, 0.4) is 0 Å². The van der Waals surface area contributed by atoms with E-state index >= 15 is 0 Å². The number of carbonyl (C=O) groups is 2. The van der Waals surface area contributed by atoms with E-state index in [9.17, 15) is 30.0 Å². The van der Waals surface area contributed by atoms with Crippen molar-refractivity contribution < 1.29 is 30.0 Å². The molecule has 15 heteroatoms. The predicted octanol–water partition coefficient (Wildman–Crippen LogP) is 5.79. The van der Waals surface area contributed by atoms with Crippen LogP contribution >= 0.6 is 63.7 Å². The molecule has 0 saturated carbocycles. The van der Waals surface area contributed by atoms with Crippen LogP contribution < -0.4 is 16.2 Å². The van der Waals surface area contributed by atoms with E-state index in [4.69, 9.17) is 0 Å². The zero-order valence-electron chi connectivity index (χ0n) is 20.9. The van der Waals surface area contributed by atoms with Gasteiger partial charge < -0.3 is 25.7 Å². The van der Waals surface area contributed by atoms with Crippen LogP contribution in [0.5, 0.6) is 23.0 Å². The summed E-state index contributed by atoms with van der Waals surface area (Å²) < 4.78 is 0.588. The quantitative estimate of drug-likeness (QED) is 0.0668. The third kappa shape index (κ3) is 6.86. The number of nitrogens with one attached hydrogen (secondary N) is 3. The molecule has 0 aliphatic carbocycles. The maximum Gasteiger partial charge on any atom is 0.272 e. The van der Waals surface area contributed by atoms with Gasteiger partial charge >= 0.3 is 0 Å². The first-order chi connectivity index (χ1) is 20.0. The molecule has 4 rings (SSSR count). The highest BCUT2D eigenvalue weighted by molar-refractivity contribution is 9.11. The molecular formula is C27H19Br4N5O6. The average molecular weight is 829 g/mol. The van der Waals surface area contributed by atoms with Gasteiger partial charge in [-0.3, -0.25) is 9.59 Å². The monoisotopic (exact) mass is 825 g/mol. The number of rotatable bonds is 8. The van der Waals surface area contributed by atoms with Gasteiger partial charge in [0.15, 0.2) is 6.04 Å². The number of hydrogen-bond donors (Lipinski definition) is 7. The zero-order chi connectivity index (χ0) is 30.6. The minimum Gasteiger partial charge on any atom is -0.506 e. The van der Waals surface area contributed by atoms with E-state index in [2.05, 4.69) is 90.1 Å². The Morgan fingerprint density at radius 2 is 1.17 bits per heavy atom. The molecule has 0 aliphatic heterocycles. The lowest BCUT2D eigenvalue weighted by molar-refractivity contribution is -0.130. The summed E-state index contributed by atoms with van der Waals surface area (Å²) in [4.78, 5) is 26.4. The minimum atomic E-state index is -1.54. The largest absolute Gasteiger partial charge is 0.506 e. The molecule has 2 amide bonds. The maximum atomic E-state index is 13.2. The van der Waals surface area contributed by atoms with E-state index in [-0.39, 0.29) is 52.0 Å². The van der Waals surface area contributed by atoms with Gasteiger partial charge in [-0.1, -0.05) is 36.4 Å². The van der Waals surface area contributed by atoms with E-state index in [0.717, 1.165) is 23.2 Å². The number of nitrogens with zero attached hydrogens (tertiary/aromatic N) is 2. The number of anilines is 1. The summed E-state index contributed by atoms with van der Waals surface area (Å²) in [5.41, 5.74) is 5.35. The molecule has 0 radical (unpaired) electrons. The molecule has 0 atom stereocenters. The van der Waals surface area contributed by atoms with Gasteiger partial charge in [-0.05, 0) is 87.3 Å². The molecule has 4 aromatic carbocycles. The molecule has 216 valence electrons. The second kappa shape index (κ2) is 13.5. The highest BCUT2D eigenvalue weighted by Gasteiger charge is 2.27. The SMILES string of the molecule is O=C(NN=Cc1cc(Br)c(O)c(Br)c1O)C(Nc1cccc2ccccc12)C(=O)NN=Cc1cc(Br)c(O)c(Br)c1O. The van der Waals surface area contributed by atoms with Gasteiger partial charge in [0.1, 0.15) is 31.9 Å². The van der Waals surface area contributed by atoms with Crippen LogP contribution in [-0.2, 0) is 9.59 Å². The smallest absolute Gasteiger partial charge is 0.272 e. The number of phenols is 4. The lowest BCUT2D eigenvalue weighted by atomic mass is 10.1. The number of carbonyl (C=O) groups excluding carboxylic acids is 2. The summed E-state index contributed by atoms with van der Waals surface area (Å²) in [5, 5.41) is 52.6. The predicted molar refractivity (Wildman–Crippen MR) is 173 cm³/mol. The zero-order valence-corrected chi connectivity index (χ0v) is 27.3. The van der Waals surface area contributed by atoms with Crippen molar-refractivity contribution in [2.45, 2.75) is 6.04 Å². The van der Waals surface area contributed by atoms with Crippen molar-refractivity contribution >= 4 is 104 Å². The molecule has 0 fully saturated rings. The van der Waals surface area contributed by atoms with Crippen LogP contribution in [0.2, 0.25) is 0 Å². The second-order valence-electron chi connectivity index (χ2n) is 8.49. The fourth-order valence-electron chi connectivity index (χ4n) is 3.65. The summed E-state index contributed by atoms with van der Waals surface area (Å²) >= 11 is 12.5. The maximum absolute atomic E-state index is 13.2. The summed E-state index contributed by atoms with van der Waals surface area (Å²) in [6.07, 6.45) is 2.27. The van der Waals surface area contributed by atoms with Gasteiger partial charge in [0.2, 0.25) is 0 Å². The first kappa shape index (κ1) is 31.3. The minimum absolute atomic E-state index is 0.0242. The Morgan fingerprint density at radius 1 is 0.690 bits per heavy atom. The lowest BCUT2D eigenvalue weighted by Crippen LogP contribution is -2.47. The number of hydrazone groups is 2. The topological polar surface area (TPSA) is 176 Å². The highest BCUT2D eigenvalue weighted by Crippen LogP contribution is 2.41. The van der Waals surface area contributed by atoms with Crippen LogP contribution in [0.15, 0.2) is 82.7 Å². The van der Waals surface area contributed by atoms with Crippen LogP contribution in [0.4, 0.5) is 5.69 Å². The number of phenolic OH excluding ortho intramolecular Hbond substituents is 4. The Balaban J connectivity index is 1.59. The molecule has 0 saturated heterocycles. The van der Waals surface area contributed by atoms with Crippen LogP contribution in [0, 0.1) is 0 Å². The van der Waals surface area contributed by atoms with E-state index in [1.165, 1.54) is 12.1 Å². The van der Waals surface area contributed by atoms with Crippen molar-refractivity contribution in [3.8, 4) is 23.0 Å². The van der Waals surface area contributed by atoms with E-state index in [1.807, 2.05) is 30.3 Å². The Bertz CT molecular complexity index is 1670. The van der Waals surface area contributed by atoms with Gasteiger partial charge in [0, 0.05) is 22.2 Å². The third-order valence-electron chi connectivity index (χ3n) is 5.77. The van der Waals surface area contributed by atoms with Gasteiger partial charge in [0.25, 0.3) is 11.8 Å². The molecule has 0 bridgehead atoms. The Labute approximate surface area is 271 Å². The summed E-state index contributed by atoms with van der Waals surface area (Å²) in [7, 11) is 0. The molecule has 0 heterocycles. The number of amides is 2. The van der Waals surface area contributed by atoms with Crippen molar-refractivity contribution in [3.63, 3.8) is 0 Å². The first-order valence-corrected chi connectivity index (χ1v) is 14.9. The normalized spacial score (nSPS) is 12.1. The fourth-order valence-corrected chi connectivity index (χ4v) is 5.95. The van der Waals surface area contributed by atoms with Crippen molar-refractivity contribution in [2.24, 2.45) is 10.2 Å². The van der Waals surface area contributed by atoms with Gasteiger partial charge in [-0.25, -0.2) is 10.9 Å². The number of fused-ring (bicyclic) bond motifs is 1. The molecular weight excluding hydrogens is 810 g/mol. The van der Waals surface area contributed by atoms with E-state index in [0.29, 0.717) is 5.69 Å². The number of benzene rings is 4. The lowest BCUT2D eigenvalue weighted by Gasteiger charge is -2.18. The van der Waals surface area contributed by atoms with Crippen molar-refractivity contribution in [2.75, 3.05) is 5.32 Å². The standard InChI is InChI=1S/C27H19Br4N5O6/c28-16-8-13(22(37)19(30)24(16)39)10-32-35-26(41)21(34-18-7-3-5-12-4-1-2-6-15(12)18)27(42)36-33-11-14-9-17(29)25(40)20(31)23(14)38/h1-11,21,34,37-40H,(H,35,41)(H,36,42). The van der Waals surface area contributed by atoms with Crippen LogP contribution in [0.1, 0.15) is 11.1 Å². The molecule has 0 aromatic heterocycles. The van der Waals surface area contributed by atoms with Crippen molar-refractivity contribution in [3.05, 3.63) is 83.6 Å². The van der Waals surface area contributed by atoms with Crippen molar-refractivity contribution in [1.82, 2.24) is 10.9 Å². The van der Waals surface area contributed by atoms with E-state index < -0.39 is 17.9 Å². The summed E-state index contributed by atoms with van der Waals surface area (Å²) in [6, 6.07) is 14.0. The second-order valence-corrected chi connectivity index (χ2v) is 11.8. The third-order valence-corrected chi connectivity index (χ3v) is 8.48. The average Bonchev–Trinajstić information content (AvgIpc) is 2.98. The van der Waals surface area contributed by atoms with Gasteiger partial charge in [-0.15, -0.1) is 0 Å². The summed E-state index contributed by atoms with van der Waals surface area (Å²) in [6.45, 7) is 0. The number of aromatic hydroxyl groups is 4. The molecule has 42 heavy (non-hydrogen) atoms. The number of hydrogen-bond acceptors (Lipinski definition) is 9. The molecule has 0 aliphatic rings. The molecule has 4 aromatic rings. The highest BCUT2D eigenvalue weighted by atomic mass is 79.9. The summed E-state index contributed by atoms with van der Waals surface area (Å²) in [5.74, 6) is -2.79. The van der Waals surface area contributed by atoms with Crippen LogP contribution in [-0.4, -0.2) is 50.7 Å².